The topological polar surface area (TPSA) is 129 Å². The number of aliphatic carboxylic acids is 1. The van der Waals surface area contributed by atoms with Crippen LogP contribution in [0.3, 0.4) is 0 Å². The maximum absolute atomic E-state index is 13.4. The third kappa shape index (κ3) is 3.16. The number of hydrogen-bond donors (Lipinski definition) is 2. The van der Waals surface area contributed by atoms with Crippen molar-refractivity contribution >= 4 is 29.4 Å². The van der Waals surface area contributed by atoms with E-state index in [1.807, 2.05) is 6.08 Å². The van der Waals surface area contributed by atoms with Gasteiger partial charge in [-0.05, 0) is 37.8 Å². The summed E-state index contributed by atoms with van der Waals surface area (Å²) in [5.74, 6) is -5.09. The molecule has 1 heterocycles. The number of carbonyl (C=O) groups is 5. The second-order valence-electron chi connectivity index (χ2n) is 9.26. The lowest BCUT2D eigenvalue weighted by Gasteiger charge is -2.42. The monoisotopic (exact) mass is 461 g/mol. The number of fused-ring (bicyclic) bond motifs is 3. The molecule has 4 atom stereocenters. The quantitative estimate of drug-likeness (QED) is 0.400. The number of allylic oxidation sites excluding steroid dienone is 6. The summed E-state index contributed by atoms with van der Waals surface area (Å²) in [4.78, 5) is 64.7. The highest BCUT2D eigenvalue weighted by Crippen LogP contribution is 2.55. The molecule has 2 N–H and O–H groups in total. The van der Waals surface area contributed by atoms with Crippen LogP contribution < -0.4 is 0 Å². The summed E-state index contributed by atoms with van der Waals surface area (Å²) in [5.41, 5.74) is 2.18. The maximum Gasteiger partial charge on any atom is 0.305 e. The van der Waals surface area contributed by atoms with Crippen LogP contribution in [0, 0.1) is 17.8 Å². The smallest absolute Gasteiger partial charge is 0.305 e. The van der Waals surface area contributed by atoms with E-state index >= 15 is 0 Å². The van der Waals surface area contributed by atoms with Gasteiger partial charge in [0.25, 0.3) is 0 Å². The number of imide groups is 1. The first kappa shape index (κ1) is 22.0. The number of likely N-dealkylation sites (tertiary alicyclic amines) is 1. The summed E-state index contributed by atoms with van der Waals surface area (Å²) in [7, 11) is 0. The average molecular weight is 461 g/mol. The molecule has 1 fully saturated rings. The molecule has 8 heteroatoms. The Kier molecular flexibility index (Phi) is 5.11. The molecule has 8 nitrogen and oxygen atoms in total. The Morgan fingerprint density at radius 2 is 1.82 bits per heavy atom. The minimum Gasteiger partial charge on any atom is -0.508 e. The van der Waals surface area contributed by atoms with Gasteiger partial charge in [-0.25, -0.2) is 0 Å². The third-order valence-corrected chi connectivity index (χ3v) is 7.45. The molecule has 0 unspecified atom stereocenters. The lowest BCUT2D eigenvalue weighted by Crippen LogP contribution is -2.40. The molecule has 5 rings (SSSR count). The molecule has 174 valence electrons. The molecule has 1 aromatic carbocycles. The van der Waals surface area contributed by atoms with Crippen LogP contribution >= 0.6 is 0 Å². The lowest BCUT2D eigenvalue weighted by molar-refractivity contribution is -0.142. The Morgan fingerprint density at radius 3 is 2.53 bits per heavy atom. The Hall–Kier alpha value is -3.81. The van der Waals surface area contributed by atoms with Crippen molar-refractivity contribution in [3.05, 3.63) is 64.3 Å². The zero-order valence-electron chi connectivity index (χ0n) is 18.5. The summed E-state index contributed by atoms with van der Waals surface area (Å²) < 4.78 is 0. The number of carboxylic acids is 1. The van der Waals surface area contributed by atoms with Crippen molar-refractivity contribution < 1.29 is 34.2 Å². The summed E-state index contributed by atoms with van der Waals surface area (Å²) in [6.45, 7) is 1.38. The van der Waals surface area contributed by atoms with Crippen molar-refractivity contribution in [2.24, 2.45) is 17.8 Å². The molecule has 0 bridgehead atoms. The molecular formula is C26H23NO7. The lowest BCUT2D eigenvalue weighted by atomic mass is 9.59. The Morgan fingerprint density at radius 1 is 1.09 bits per heavy atom. The largest absolute Gasteiger partial charge is 0.508 e. The van der Waals surface area contributed by atoms with Crippen LogP contribution in [0.15, 0.2) is 58.7 Å². The van der Waals surface area contributed by atoms with Crippen LogP contribution in [0.4, 0.5) is 0 Å². The first-order chi connectivity index (χ1) is 16.2. The fraction of sp³-hybridized carbons (Fsp3) is 0.346. The Labute approximate surface area is 195 Å². The number of ketones is 2. The summed E-state index contributed by atoms with van der Waals surface area (Å²) >= 11 is 0. The molecule has 0 aromatic heterocycles. The first-order valence-corrected chi connectivity index (χ1v) is 11.3. The van der Waals surface area contributed by atoms with E-state index in [9.17, 15) is 29.1 Å². The van der Waals surface area contributed by atoms with Crippen LogP contribution in [0.25, 0.3) is 0 Å². The van der Waals surface area contributed by atoms with E-state index in [0.29, 0.717) is 22.3 Å². The highest BCUT2D eigenvalue weighted by atomic mass is 16.4. The van der Waals surface area contributed by atoms with Gasteiger partial charge in [-0.1, -0.05) is 29.8 Å². The van der Waals surface area contributed by atoms with Gasteiger partial charge in [-0.2, -0.15) is 0 Å². The summed E-state index contributed by atoms with van der Waals surface area (Å²) in [5, 5.41) is 19.7. The van der Waals surface area contributed by atoms with Gasteiger partial charge >= 0.3 is 5.97 Å². The number of amides is 2. The number of carbonyl (C=O) groups excluding carboxylic acids is 4. The normalized spacial score (nSPS) is 28.3. The first-order valence-electron chi connectivity index (χ1n) is 11.3. The van der Waals surface area contributed by atoms with E-state index in [4.69, 9.17) is 5.11 Å². The summed E-state index contributed by atoms with van der Waals surface area (Å²) in [6, 6.07) is 6.61. The molecule has 1 aromatic rings. The Bertz CT molecular complexity index is 1270. The molecule has 0 spiro atoms. The molecule has 0 radical (unpaired) electrons. The highest BCUT2D eigenvalue weighted by molar-refractivity contribution is 6.23. The van der Waals surface area contributed by atoms with Crippen molar-refractivity contribution in [1.29, 1.82) is 0 Å². The van der Waals surface area contributed by atoms with Gasteiger partial charge in [-0.3, -0.25) is 28.9 Å². The second kappa shape index (κ2) is 7.90. The number of aromatic hydroxyl groups is 1. The summed E-state index contributed by atoms with van der Waals surface area (Å²) in [6.07, 6.45) is 3.26. The van der Waals surface area contributed by atoms with Crippen LogP contribution in [-0.2, 0) is 24.0 Å². The Balaban J connectivity index is 1.63. The number of carboxylic acid groups (broad SMARTS) is 1. The zero-order valence-corrected chi connectivity index (χ0v) is 18.5. The van der Waals surface area contributed by atoms with Crippen LogP contribution in [-0.4, -0.2) is 51.0 Å². The van der Waals surface area contributed by atoms with Crippen LogP contribution in [0.2, 0.25) is 0 Å². The predicted molar refractivity (Wildman–Crippen MR) is 118 cm³/mol. The van der Waals surface area contributed by atoms with Gasteiger partial charge in [0, 0.05) is 34.7 Å². The molecule has 1 saturated heterocycles. The number of benzene rings is 1. The molecule has 0 saturated carbocycles. The van der Waals surface area contributed by atoms with Gasteiger partial charge in [0.05, 0.1) is 18.3 Å². The van der Waals surface area contributed by atoms with Gasteiger partial charge in [0.1, 0.15) is 5.75 Å². The van der Waals surface area contributed by atoms with E-state index in [0.717, 1.165) is 10.5 Å². The molecule has 34 heavy (non-hydrogen) atoms. The maximum atomic E-state index is 13.4. The van der Waals surface area contributed by atoms with Gasteiger partial charge in [-0.15, -0.1) is 0 Å². The molecule has 4 aliphatic rings. The number of rotatable bonds is 4. The molecule has 1 aliphatic heterocycles. The van der Waals surface area contributed by atoms with Crippen molar-refractivity contribution in [2.75, 3.05) is 6.54 Å². The SMILES string of the molecule is CC1=CC(=O)C2=C(C[C@@H]3C(=CC[C@@H]4C(=O)N(CCC(=O)O)C(=O)[C@@H]43)[C@@H]2c2ccccc2O)C1=O. The number of hydrogen-bond acceptors (Lipinski definition) is 6. The van der Waals surface area contributed by atoms with Crippen molar-refractivity contribution in [1.82, 2.24) is 4.90 Å². The number of phenols is 1. The average Bonchev–Trinajstić information content (AvgIpc) is 3.05. The number of nitrogens with zero attached hydrogens (tertiary/aromatic N) is 1. The number of Topliss-reactive ketones (excluding diaryl/α,β-unsaturated/α-hetero) is 1. The zero-order chi connectivity index (χ0) is 24.3. The minimum absolute atomic E-state index is 0.0218. The van der Waals surface area contributed by atoms with E-state index in [2.05, 4.69) is 0 Å². The second-order valence-corrected chi connectivity index (χ2v) is 9.26. The van der Waals surface area contributed by atoms with Crippen LogP contribution in [0.5, 0.6) is 5.75 Å². The number of para-hydroxylation sites is 1. The fourth-order valence-electron chi connectivity index (χ4n) is 5.96. The molecule has 3 aliphatic carbocycles. The van der Waals surface area contributed by atoms with E-state index in [1.54, 1.807) is 25.1 Å². The van der Waals surface area contributed by atoms with E-state index < -0.39 is 41.5 Å². The fourth-order valence-corrected chi connectivity index (χ4v) is 5.96. The number of phenolic OH excluding ortho intramolecular Hbond substituents is 1. The van der Waals surface area contributed by atoms with Gasteiger partial charge in [0.15, 0.2) is 11.6 Å². The predicted octanol–water partition coefficient (Wildman–Crippen LogP) is 2.30. The van der Waals surface area contributed by atoms with Crippen molar-refractivity contribution in [3.63, 3.8) is 0 Å². The van der Waals surface area contributed by atoms with Crippen molar-refractivity contribution in [2.45, 2.75) is 32.1 Å². The molecule has 2 amide bonds. The van der Waals surface area contributed by atoms with Gasteiger partial charge < -0.3 is 10.2 Å². The van der Waals surface area contributed by atoms with Crippen molar-refractivity contribution in [3.8, 4) is 5.75 Å². The molecular weight excluding hydrogens is 438 g/mol. The van der Waals surface area contributed by atoms with Gasteiger partial charge in [0.2, 0.25) is 11.8 Å². The standard InChI is InChI=1S/C26H23NO7/c1-12-10-19(29)23-17(24(12)32)11-16-13(21(23)14-4-2-3-5-18(14)28)6-7-15-22(16)26(34)27(25(15)33)9-8-20(30)31/h2-6,10,15-16,21-22,28H,7-9,11H2,1H3,(H,30,31)/t15-,16+,21+,22-/m0/s1. The van der Waals surface area contributed by atoms with E-state index in [-0.39, 0.29) is 43.1 Å². The third-order valence-electron chi connectivity index (χ3n) is 7.45. The minimum atomic E-state index is -1.10. The highest BCUT2D eigenvalue weighted by Gasteiger charge is 2.56. The van der Waals surface area contributed by atoms with E-state index in [1.165, 1.54) is 12.1 Å². The van der Waals surface area contributed by atoms with Crippen LogP contribution in [0.1, 0.15) is 37.7 Å².